The average Bonchev–Trinajstić information content (AvgIpc) is 2.98. The van der Waals surface area contributed by atoms with Crippen LogP contribution in [0.25, 0.3) is 22.5 Å². The number of hydrogen-bond donors (Lipinski definition) is 0. The van der Waals surface area contributed by atoms with Crippen LogP contribution in [0.2, 0.25) is 5.02 Å². The van der Waals surface area contributed by atoms with Crippen LogP contribution in [-0.4, -0.2) is 9.55 Å². The summed E-state index contributed by atoms with van der Waals surface area (Å²) < 4.78 is 2.20. The number of aromatic nitrogens is 2. The Kier molecular flexibility index (Phi) is 2.26. The van der Waals surface area contributed by atoms with E-state index in [2.05, 4.69) is 33.8 Å². The first-order valence-corrected chi connectivity index (χ1v) is 6.60. The van der Waals surface area contributed by atoms with Gasteiger partial charge in [-0.3, -0.25) is 0 Å². The topological polar surface area (TPSA) is 17.8 Å². The van der Waals surface area contributed by atoms with Gasteiger partial charge in [-0.1, -0.05) is 48.0 Å². The molecule has 1 aliphatic rings. The van der Waals surface area contributed by atoms with E-state index in [0.29, 0.717) is 0 Å². The second-order valence-corrected chi connectivity index (χ2v) is 5.17. The van der Waals surface area contributed by atoms with Crippen molar-refractivity contribution in [1.29, 1.82) is 0 Å². The van der Waals surface area contributed by atoms with Crippen LogP contribution in [0.4, 0.5) is 0 Å². The normalized spacial score (nSPS) is 12.3. The molecule has 0 amide bonds. The minimum Gasteiger partial charge on any atom is -0.326 e. The standard InChI is InChI=1S/C16H11ClN2/c17-13-7-5-11(6-8-13)15-16-14-4-2-1-3-12(14)9-19(16)10-18-15/h1-8,10H,9H2. The third-order valence-corrected chi connectivity index (χ3v) is 3.82. The van der Waals surface area contributed by atoms with E-state index >= 15 is 0 Å². The zero-order valence-corrected chi connectivity index (χ0v) is 10.9. The Balaban J connectivity index is 1.93. The molecule has 19 heavy (non-hydrogen) atoms. The summed E-state index contributed by atoms with van der Waals surface area (Å²) in [6, 6.07) is 16.4. The molecule has 0 aliphatic carbocycles. The minimum atomic E-state index is 0.750. The molecular weight excluding hydrogens is 256 g/mol. The van der Waals surface area contributed by atoms with Crippen LogP contribution in [0.1, 0.15) is 5.56 Å². The van der Waals surface area contributed by atoms with Gasteiger partial charge in [0.15, 0.2) is 0 Å². The second-order valence-electron chi connectivity index (χ2n) is 4.73. The van der Waals surface area contributed by atoms with Gasteiger partial charge in [-0.05, 0) is 17.7 Å². The Labute approximate surface area is 116 Å². The highest BCUT2D eigenvalue weighted by molar-refractivity contribution is 6.30. The van der Waals surface area contributed by atoms with E-state index in [1.165, 1.54) is 16.8 Å². The Morgan fingerprint density at radius 2 is 1.79 bits per heavy atom. The molecule has 3 heteroatoms. The van der Waals surface area contributed by atoms with Gasteiger partial charge in [-0.2, -0.15) is 0 Å². The summed E-state index contributed by atoms with van der Waals surface area (Å²) in [5.74, 6) is 0. The fourth-order valence-electron chi connectivity index (χ4n) is 2.68. The highest BCUT2D eigenvalue weighted by Crippen LogP contribution is 2.38. The van der Waals surface area contributed by atoms with Crippen LogP contribution in [0.5, 0.6) is 0 Å². The zero-order valence-electron chi connectivity index (χ0n) is 10.2. The number of nitrogens with zero attached hydrogens (tertiary/aromatic N) is 2. The first kappa shape index (κ1) is 10.8. The summed E-state index contributed by atoms with van der Waals surface area (Å²) in [7, 11) is 0. The van der Waals surface area contributed by atoms with Crippen LogP contribution in [0.15, 0.2) is 54.9 Å². The monoisotopic (exact) mass is 266 g/mol. The Hall–Kier alpha value is -2.06. The van der Waals surface area contributed by atoms with Crippen molar-refractivity contribution >= 4 is 11.6 Å². The smallest absolute Gasteiger partial charge is 0.0963 e. The van der Waals surface area contributed by atoms with Crippen molar-refractivity contribution in [3.63, 3.8) is 0 Å². The summed E-state index contributed by atoms with van der Waals surface area (Å²) in [6.07, 6.45) is 1.92. The van der Waals surface area contributed by atoms with E-state index in [9.17, 15) is 0 Å². The number of hydrogen-bond acceptors (Lipinski definition) is 1. The minimum absolute atomic E-state index is 0.750. The lowest BCUT2D eigenvalue weighted by molar-refractivity contribution is 0.840. The van der Waals surface area contributed by atoms with Crippen molar-refractivity contribution in [2.75, 3.05) is 0 Å². The van der Waals surface area contributed by atoms with E-state index < -0.39 is 0 Å². The molecule has 0 unspecified atom stereocenters. The van der Waals surface area contributed by atoms with E-state index in [-0.39, 0.29) is 0 Å². The Morgan fingerprint density at radius 1 is 1.00 bits per heavy atom. The lowest BCUT2D eigenvalue weighted by atomic mass is 10.0. The number of halogens is 1. The molecule has 3 aromatic rings. The summed E-state index contributed by atoms with van der Waals surface area (Å²) in [4.78, 5) is 4.56. The summed E-state index contributed by atoms with van der Waals surface area (Å²) >= 11 is 5.95. The van der Waals surface area contributed by atoms with Crippen molar-refractivity contribution < 1.29 is 0 Å². The van der Waals surface area contributed by atoms with E-state index in [4.69, 9.17) is 11.6 Å². The molecule has 0 saturated carbocycles. The first-order chi connectivity index (χ1) is 9.33. The van der Waals surface area contributed by atoms with Crippen LogP contribution in [0.3, 0.4) is 0 Å². The molecule has 92 valence electrons. The third-order valence-electron chi connectivity index (χ3n) is 3.57. The molecule has 0 atom stereocenters. The van der Waals surface area contributed by atoms with Gasteiger partial charge in [0.05, 0.1) is 17.7 Å². The van der Waals surface area contributed by atoms with Gasteiger partial charge >= 0.3 is 0 Å². The maximum Gasteiger partial charge on any atom is 0.0963 e. The lowest BCUT2D eigenvalue weighted by Gasteiger charge is -2.02. The number of rotatable bonds is 1. The Bertz CT molecular complexity index is 757. The lowest BCUT2D eigenvalue weighted by Crippen LogP contribution is -1.88. The molecule has 0 bridgehead atoms. The fourth-order valence-corrected chi connectivity index (χ4v) is 2.80. The Morgan fingerprint density at radius 3 is 2.63 bits per heavy atom. The average molecular weight is 267 g/mol. The molecule has 1 aromatic heterocycles. The van der Waals surface area contributed by atoms with Gasteiger partial charge in [0.2, 0.25) is 0 Å². The summed E-state index contributed by atoms with van der Waals surface area (Å²) in [5, 5.41) is 0.750. The van der Waals surface area contributed by atoms with Crippen molar-refractivity contribution in [2.45, 2.75) is 6.54 Å². The van der Waals surface area contributed by atoms with Crippen molar-refractivity contribution in [1.82, 2.24) is 9.55 Å². The van der Waals surface area contributed by atoms with Crippen molar-refractivity contribution in [3.8, 4) is 22.5 Å². The second kappa shape index (κ2) is 3.97. The number of benzene rings is 2. The maximum atomic E-state index is 5.95. The predicted molar refractivity (Wildman–Crippen MR) is 77.2 cm³/mol. The molecule has 0 N–H and O–H groups in total. The highest BCUT2D eigenvalue weighted by atomic mass is 35.5. The molecule has 0 fully saturated rings. The molecule has 0 spiro atoms. The summed E-state index contributed by atoms with van der Waals surface area (Å²) in [6.45, 7) is 0.909. The molecule has 0 radical (unpaired) electrons. The van der Waals surface area contributed by atoms with Crippen LogP contribution >= 0.6 is 11.6 Å². The van der Waals surface area contributed by atoms with Gasteiger partial charge in [-0.25, -0.2) is 4.98 Å². The van der Waals surface area contributed by atoms with E-state index in [0.717, 1.165) is 22.8 Å². The van der Waals surface area contributed by atoms with Crippen LogP contribution in [-0.2, 0) is 6.54 Å². The van der Waals surface area contributed by atoms with Gasteiger partial charge in [-0.15, -0.1) is 0 Å². The summed E-state index contributed by atoms with van der Waals surface area (Å²) in [5.41, 5.74) is 5.98. The van der Waals surface area contributed by atoms with Crippen molar-refractivity contribution in [2.24, 2.45) is 0 Å². The zero-order chi connectivity index (χ0) is 12.8. The highest BCUT2D eigenvalue weighted by Gasteiger charge is 2.22. The van der Waals surface area contributed by atoms with Gasteiger partial charge in [0.1, 0.15) is 0 Å². The molecule has 2 heterocycles. The molecule has 2 nitrogen and oxygen atoms in total. The quantitative estimate of drug-likeness (QED) is 0.504. The van der Waals surface area contributed by atoms with Gasteiger partial charge in [0.25, 0.3) is 0 Å². The molecule has 1 aliphatic heterocycles. The molecule has 4 rings (SSSR count). The first-order valence-electron chi connectivity index (χ1n) is 6.22. The largest absolute Gasteiger partial charge is 0.326 e. The predicted octanol–water partition coefficient (Wildman–Crippen LogP) is 4.23. The van der Waals surface area contributed by atoms with Crippen molar-refractivity contribution in [3.05, 3.63) is 65.4 Å². The van der Waals surface area contributed by atoms with Crippen LogP contribution in [0, 0.1) is 0 Å². The van der Waals surface area contributed by atoms with E-state index in [1.807, 2.05) is 30.6 Å². The number of imidazole rings is 1. The maximum absolute atomic E-state index is 5.95. The SMILES string of the molecule is Clc1ccc(-c2ncn3c2-c2ccccc2C3)cc1. The van der Waals surface area contributed by atoms with Crippen LogP contribution < -0.4 is 0 Å². The van der Waals surface area contributed by atoms with E-state index in [1.54, 1.807) is 0 Å². The molecule has 2 aromatic carbocycles. The molecule has 0 saturated heterocycles. The van der Waals surface area contributed by atoms with Gasteiger partial charge < -0.3 is 4.57 Å². The third kappa shape index (κ3) is 1.60. The fraction of sp³-hybridized carbons (Fsp3) is 0.0625. The molecular formula is C16H11ClN2. The number of fused-ring (bicyclic) bond motifs is 3. The van der Waals surface area contributed by atoms with Gasteiger partial charge in [0, 0.05) is 22.7 Å².